The third-order valence-electron chi connectivity index (χ3n) is 4.58. The summed E-state index contributed by atoms with van der Waals surface area (Å²) in [7, 11) is 0. The predicted octanol–water partition coefficient (Wildman–Crippen LogP) is 3.79. The number of aryl methyl sites for hydroxylation is 1. The number of hydrogen-bond acceptors (Lipinski definition) is 3. The first-order chi connectivity index (χ1) is 11.1. The van der Waals surface area contributed by atoms with Crippen LogP contribution >= 0.6 is 0 Å². The van der Waals surface area contributed by atoms with Crippen LogP contribution in [0.5, 0.6) is 0 Å². The topological polar surface area (TPSA) is 40.5 Å². The van der Waals surface area contributed by atoms with Gasteiger partial charge in [0.15, 0.2) is 0 Å². The molecule has 0 aliphatic carbocycles. The van der Waals surface area contributed by atoms with Crippen LogP contribution < -0.4 is 0 Å². The van der Waals surface area contributed by atoms with Gasteiger partial charge in [0.1, 0.15) is 5.60 Å². The van der Waals surface area contributed by atoms with Gasteiger partial charge < -0.3 is 14.0 Å². The zero-order valence-corrected chi connectivity index (χ0v) is 14.2. The molecule has 0 fully saturated rings. The van der Waals surface area contributed by atoms with Crippen molar-refractivity contribution in [3.8, 4) is 0 Å². The summed E-state index contributed by atoms with van der Waals surface area (Å²) in [6, 6.07) is 8.49. The Morgan fingerprint density at radius 3 is 2.87 bits per heavy atom. The number of carbonyl (C=O) groups is 1. The molecule has 124 valence electrons. The first-order valence-corrected chi connectivity index (χ1v) is 8.51. The Bertz CT molecular complexity index is 719. The third kappa shape index (κ3) is 2.76. The van der Waals surface area contributed by atoms with E-state index in [-0.39, 0.29) is 12.4 Å². The summed E-state index contributed by atoms with van der Waals surface area (Å²) in [6.45, 7) is 8.00. The van der Waals surface area contributed by atoms with E-state index in [0.717, 1.165) is 25.1 Å². The van der Waals surface area contributed by atoms with Gasteiger partial charge in [-0.15, -0.1) is 0 Å². The smallest absolute Gasteiger partial charge is 0.309 e. The van der Waals surface area contributed by atoms with Gasteiger partial charge >= 0.3 is 5.97 Å². The van der Waals surface area contributed by atoms with Crippen molar-refractivity contribution in [3.63, 3.8) is 0 Å². The maximum absolute atomic E-state index is 12.1. The van der Waals surface area contributed by atoms with Crippen molar-refractivity contribution in [1.82, 2.24) is 4.57 Å². The van der Waals surface area contributed by atoms with E-state index < -0.39 is 5.60 Å². The van der Waals surface area contributed by atoms with Gasteiger partial charge in [-0.3, -0.25) is 4.79 Å². The van der Waals surface area contributed by atoms with E-state index in [0.29, 0.717) is 13.2 Å². The Hall–Kier alpha value is -1.81. The lowest BCUT2D eigenvalue weighted by Gasteiger charge is -2.35. The second kappa shape index (κ2) is 6.36. The van der Waals surface area contributed by atoms with Gasteiger partial charge in [0.05, 0.1) is 25.3 Å². The molecule has 2 aromatic rings. The van der Waals surface area contributed by atoms with E-state index in [9.17, 15) is 4.79 Å². The summed E-state index contributed by atoms with van der Waals surface area (Å²) in [5.41, 5.74) is 3.10. The Balaban J connectivity index is 2.14. The number of nitrogens with zero attached hydrogens (tertiary/aromatic N) is 1. The highest BCUT2D eigenvalue weighted by atomic mass is 16.5. The van der Waals surface area contributed by atoms with Crippen LogP contribution in [0.1, 0.15) is 44.9 Å². The number of rotatable bonds is 5. The van der Waals surface area contributed by atoms with Gasteiger partial charge in [-0.05, 0) is 38.3 Å². The second-order valence-corrected chi connectivity index (χ2v) is 6.31. The van der Waals surface area contributed by atoms with Crippen molar-refractivity contribution in [2.45, 2.75) is 52.2 Å². The number of aromatic nitrogens is 1. The number of esters is 1. The van der Waals surface area contributed by atoms with E-state index in [1.165, 1.54) is 16.5 Å². The average molecular weight is 315 g/mol. The van der Waals surface area contributed by atoms with Crippen LogP contribution in [0.3, 0.4) is 0 Å². The molecule has 0 saturated carbocycles. The molecule has 0 radical (unpaired) electrons. The molecule has 4 nitrogen and oxygen atoms in total. The molecule has 1 unspecified atom stereocenters. The fourth-order valence-electron chi connectivity index (χ4n) is 3.76. The molecule has 0 saturated heterocycles. The Kier molecular flexibility index (Phi) is 4.44. The lowest BCUT2D eigenvalue weighted by Crippen LogP contribution is -2.37. The Morgan fingerprint density at radius 2 is 2.13 bits per heavy atom. The number of fused-ring (bicyclic) bond motifs is 3. The van der Waals surface area contributed by atoms with Gasteiger partial charge in [-0.25, -0.2) is 0 Å². The van der Waals surface area contributed by atoms with Crippen LogP contribution in [-0.4, -0.2) is 23.8 Å². The highest BCUT2D eigenvalue weighted by Crippen LogP contribution is 2.41. The molecular formula is C19H25NO3. The molecule has 1 aliphatic rings. The molecule has 4 heteroatoms. The molecule has 1 aromatic heterocycles. The number of carbonyl (C=O) groups excluding carboxylic acids is 1. The van der Waals surface area contributed by atoms with Crippen LogP contribution in [0.4, 0.5) is 0 Å². The van der Waals surface area contributed by atoms with Crippen molar-refractivity contribution >= 4 is 16.9 Å². The standard InChI is InChI=1S/C19H25NO3/c1-4-11-20-16-9-7-6-8-14(16)15-10-12-23-19(3,18(15)20)13-17(21)22-5-2/h6-9H,4-5,10-13H2,1-3H3. The summed E-state index contributed by atoms with van der Waals surface area (Å²) in [5.74, 6) is -0.198. The van der Waals surface area contributed by atoms with Gasteiger partial charge in [0, 0.05) is 17.4 Å². The van der Waals surface area contributed by atoms with Crippen molar-refractivity contribution in [1.29, 1.82) is 0 Å². The normalized spacial score (nSPS) is 20.5. The summed E-state index contributed by atoms with van der Waals surface area (Å²) in [5, 5.41) is 1.29. The summed E-state index contributed by atoms with van der Waals surface area (Å²) in [6.07, 6.45) is 2.19. The van der Waals surface area contributed by atoms with E-state index in [4.69, 9.17) is 9.47 Å². The van der Waals surface area contributed by atoms with Gasteiger partial charge in [-0.1, -0.05) is 25.1 Å². The molecule has 0 N–H and O–H groups in total. The van der Waals surface area contributed by atoms with Gasteiger partial charge in [0.25, 0.3) is 0 Å². The first kappa shape index (κ1) is 16.1. The first-order valence-electron chi connectivity index (χ1n) is 8.51. The minimum atomic E-state index is -0.617. The number of hydrogen-bond donors (Lipinski definition) is 0. The molecule has 0 amide bonds. The second-order valence-electron chi connectivity index (χ2n) is 6.31. The minimum Gasteiger partial charge on any atom is -0.466 e. The minimum absolute atomic E-state index is 0.198. The Morgan fingerprint density at radius 1 is 1.35 bits per heavy atom. The molecule has 3 rings (SSSR count). The molecule has 0 spiro atoms. The molecule has 1 aliphatic heterocycles. The third-order valence-corrected chi connectivity index (χ3v) is 4.58. The van der Waals surface area contributed by atoms with E-state index in [1.54, 1.807) is 0 Å². The number of para-hydroxylation sites is 1. The van der Waals surface area contributed by atoms with Gasteiger partial charge in [-0.2, -0.15) is 0 Å². The zero-order valence-electron chi connectivity index (χ0n) is 14.2. The maximum atomic E-state index is 12.1. The van der Waals surface area contributed by atoms with Crippen LogP contribution in [0.15, 0.2) is 24.3 Å². The van der Waals surface area contributed by atoms with E-state index in [2.05, 4.69) is 35.8 Å². The zero-order chi connectivity index (χ0) is 16.4. The lowest BCUT2D eigenvalue weighted by atomic mass is 9.90. The molecular weight excluding hydrogens is 290 g/mol. The fraction of sp³-hybridized carbons (Fsp3) is 0.526. The monoisotopic (exact) mass is 315 g/mol. The Labute approximate surface area is 137 Å². The van der Waals surface area contributed by atoms with E-state index in [1.807, 2.05) is 13.8 Å². The molecule has 0 bridgehead atoms. The van der Waals surface area contributed by atoms with Crippen molar-refractivity contribution in [2.24, 2.45) is 0 Å². The van der Waals surface area contributed by atoms with Crippen molar-refractivity contribution < 1.29 is 14.3 Å². The van der Waals surface area contributed by atoms with Crippen LogP contribution in [0.25, 0.3) is 10.9 Å². The van der Waals surface area contributed by atoms with Crippen LogP contribution in [-0.2, 0) is 32.8 Å². The van der Waals surface area contributed by atoms with Crippen LogP contribution in [0.2, 0.25) is 0 Å². The molecule has 2 heterocycles. The van der Waals surface area contributed by atoms with Crippen LogP contribution in [0, 0.1) is 0 Å². The van der Waals surface area contributed by atoms with E-state index >= 15 is 0 Å². The largest absolute Gasteiger partial charge is 0.466 e. The molecule has 23 heavy (non-hydrogen) atoms. The average Bonchev–Trinajstić information content (AvgIpc) is 2.84. The summed E-state index contributed by atoms with van der Waals surface area (Å²) >= 11 is 0. The summed E-state index contributed by atoms with van der Waals surface area (Å²) in [4.78, 5) is 12.1. The quantitative estimate of drug-likeness (QED) is 0.788. The lowest BCUT2D eigenvalue weighted by molar-refractivity contribution is -0.152. The highest BCUT2D eigenvalue weighted by molar-refractivity contribution is 5.86. The summed E-state index contributed by atoms with van der Waals surface area (Å²) < 4.78 is 13.6. The SMILES string of the molecule is CCCn1c2c(c3ccccc31)CCOC2(C)CC(=O)OCC. The highest BCUT2D eigenvalue weighted by Gasteiger charge is 2.40. The fourth-order valence-corrected chi connectivity index (χ4v) is 3.76. The molecule has 1 aromatic carbocycles. The van der Waals surface area contributed by atoms with Crippen molar-refractivity contribution in [2.75, 3.05) is 13.2 Å². The predicted molar refractivity (Wildman–Crippen MR) is 90.5 cm³/mol. The number of benzene rings is 1. The number of ether oxygens (including phenoxy) is 2. The van der Waals surface area contributed by atoms with Crippen molar-refractivity contribution in [3.05, 3.63) is 35.5 Å². The van der Waals surface area contributed by atoms with Gasteiger partial charge in [0.2, 0.25) is 0 Å². The molecule has 1 atom stereocenters. The maximum Gasteiger partial charge on any atom is 0.309 e.